The molecule has 1 fully saturated rings. The van der Waals surface area contributed by atoms with Crippen molar-refractivity contribution < 1.29 is 13.2 Å². The molecule has 0 saturated carbocycles. The second-order valence-corrected chi connectivity index (χ2v) is 10.1. The van der Waals surface area contributed by atoms with Crippen LogP contribution < -0.4 is 5.32 Å². The number of piperidine rings is 1. The molecule has 2 aromatic carbocycles. The Morgan fingerprint density at radius 1 is 1.09 bits per heavy atom. The summed E-state index contributed by atoms with van der Waals surface area (Å²) in [6, 6.07) is 13.4. The molecule has 1 atom stereocenters. The molecule has 0 unspecified atom stereocenters. The van der Waals surface area contributed by atoms with Crippen LogP contribution >= 0.6 is 11.6 Å². The number of amides is 1. The zero-order valence-electron chi connectivity index (χ0n) is 17.7. The highest BCUT2D eigenvalue weighted by atomic mass is 35.5. The fourth-order valence-corrected chi connectivity index (χ4v) is 5.92. The van der Waals surface area contributed by atoms with Gasteiger partial charge in [-0.05, 0) is 36.6 Å². The van der Waals surface area contributed by atoms with Gasteiger partial charge in [-0.2, -0.15) is 4.31 Å². The van der Waals surface area contributed by atoms with Gasteiger partial charge < -0.3 is 9.88 Å². The number of nitrogens with zero attached hydrogens (tertiary/aromatic N) is 3. The number of hydrogen-bond acceptors (Lipinski definition) is 4. The quantitative estimate of drug-likeness (QED) is 0.592. The molecular formula is C23H25ClN4O3S. The summed E-state index contributed by atoms with van der Waals surface area (Å²) in [6.07, 6.45) is 6.13. The van der Waals surface area contributed by atoms with Gasteiger partial charge in [-0.3, -0.25) is 4.79 Å². The SMILES string of the molecule is Cn1ccnc1[C@@H](NC(=O)c1ccc(Cl)c(S(=O)(=O)N2CCCCC2)c1)c1ccccc1. The minimum Gasteiger partial charge on any atom is -0.338 e. The number of benzene rings is 2. The van der Waals surface area contributed by atoms with Crippen LogP contribution in [0.1, 0.15) is 47.1 Å². The normalized spacial score (nSPS) is 15.9. The van der Waals surface area contributed by atoms with Crippen molar-refractivity contribution >= 4 is 27.5 Å². The Morgan fingerprint density at radius 2 is 1.81 bits per heavy atom. The second-order valence-electron chi connectivity index (χ2n) is 7.82. The molecule has 32 heavy (non-hydrogen) atoms. The van der Waals surface area contributed by atoms with E-state index in [9.17, 15) is 13.2 Å². The van der Waals surface area contributed by atoms with E-state index in [1.54, 1.807) is 6.20 Å². The van der Waals surface area contributed by atoms with E-state index in [4.69, 9.17) is 11.6 Å². The standard InChI is InChI=1S/C23H25ClN4O3S/c1-27-15-12-25-22(27)21(17-8-4-2-5-9-17)26-23(29)18-10-11-19(24)20(16-18)32(30,31)28-13-6-3-7-14-28/h2,4-5,8-12,15-16,21H,3,6-7,13-14H2,1H3,(H,26,29)/t21-/m0/s1. The molecule has 7 nitrogen and oxygen atoms in total. The third kappa shape index (κ3) is 4.57. The number of carbonyl (C=O) groups is 1. The monoisotopic (exact) mass is 472 g/mol. The Labute approximate surface area is 193 Å². The van der Waals surface area contributed by atoms with Crippen LogP contribution in [0.15, 0.2) is 65.8 Å². The number of sulfonamides is 1. The number of aromatic nitrogens is 2. The summed E-state index contributed by atoms with van der Waals surface area (Å²) in [7, 11) is -1.92. The third-order valence-electron chi connectivity index (χ3n) is 5.65. The van der Waals surface area contributed by atoms with Crippen molar-refractivity contribution in [2.45, 2.75) is 30.2 Å². The summed E-state index contributed by atoms with van der Waals surface area (Å²) in [4.78, 5) is 17.6. The Bertz CT molecular complexity index is 1200. The first-order chi connectivity index (χ1) is 15.4. The number of rotatable bonds is 6. The third-order valence-corrected chi connectivity index (χ3v) is 8.03. The maximum Gasteiger partial charge on any atom is 0.252 e. The summed E-state index contributed by atoms with van der Waals surface area (Å²) < 4.78 is 29.6. The average Bonchev–Trinajstić information content (AvgIpc) is 3.24. The average molecular weight is 473 g/mol. The van der Waals surface area contributed by atoms with Crippen molar-refractivity contribution in [2.24, 2.45) is 7.05 Å². The maximum absolute atomic E-state index is 13.2. The summed E-state index contributed by atoms with van der Waals surface area (Å²) in [5.41, 5.74) is 1.09. The zero-order chi connectivity index (χ0) is 22.7. The maximum atomic E-state index is 13.2. The van der Waals surface area contributed by atoms with Gasteiger partial charge in [-0.1, -0.05) is 48.4 Å². The molecule has 1 N–H and O–H groups in total. The van der Waals surface area contributed by atoms with Crippen molar-refractivity contribution in [2.75, 3.05) is 13.1 Å². The Kier molecular flexibility index (Phi) is 6.64. The smallest absolute Gasteiger partial charge is 0.252 e. The van der Waals surface area contributed by atoms with Crippen LogP contribution in [0.4, 0.5) is 0 Å². The van der Waals surface area contributed by atoms with Gasteiger partial charge in [0, 0.05) is 38.1 Å². The van der Waals surface area contributed by atoms with Crippen molar-refractivity contribution in [3.63, 3.8) is 0 Å². The van der Waals surface area contributed by atoms with E-state index in [2.05, 4.69) is 10.3 Å². The molecule has 0 aliphatic carbocycles. The molecule has 1 saturated heterocycles. The van der Waals surface area contributed by atoms with E-state index in [1.165, 1.54) is 22.5 Å². The number of imidazole rings is 1. The van der Waals surface area contributed by atoms with Gasteiger partial charge in [-0.15, -0.1) is 0 Å². The Balaban J connectivity index is 1.65. The van der Waals surface area contributed by atoms with Crippen molar-refractivity contribution in [3.05, 3.63) is 82.9 Å². The highest BCUT2D eigenvalue weighted by Crippen LogP contribution is 2.28. The number of halogens is 1. The predicted octanol–water partition coefficient (Wildman–Crippen LogP) is 3.77. The fraction of sp³-hybridized carbons (Fsp3) is 0.304. The Morgan fingerprint density at radius 3 is 2.47 bits per heavy atom. The van der Waals surface area contributed by atoms with Crippen molar-refractivity contribution in [1.29, 1.82) is 0 Å². The molecule has 4 rings (SSSR count). The largest absolute Gasteiger partial charge is 0.338 e. The van der Waals surface area contributed by atoms with E-state index in [1.807, 2.05) is 48.1 Å². The van der Waals surface area contributed by atoms with Crippen LogP contribution in [0, 0.1) is 0 Å². The molecule has 1 aromatic heterocycles. The van der Waals surface area contributed by atoms with E-state index >= 15 is 0 Å². The van der Waals surface area contributed by atoms with Gasteiger partial charge in [-0.25, -0.2) is 13.4 Å². The van der Waals surface area contributed by atoms with Gasteiger partial charge in [0.1, 0.15) is 16.8 Å². The van der Waals surface area contributed by atoms with Gasteiger partial charge in [0.15, 0.2) is 0 Å². The summed E-state index contributed by atoms with van der Waals surface area (Å²) in [5.74, 6) is 0.258. The number of nitrogens with one attached hydrogen (secondary N) is 1. The lowest BCUT2D eigenvalue weighted by molar-refractivity contribution is 0.0941. The molecule has 0 bridgehead atoms. The first-order valence-corrected chi connectivity index (χ1v) is 12.3. The molecule has 0 spiro atoms. The first-order valence-electron chi connectivity index (χ1n) is 10.5. The number of carbonyl (C=O) groups excluding carboxylic acids is 1. The molecule has 168 valence electrons. The molecule has 2 heterocycles. The topological polar surface area (TPSA) is 84.3 Å². The summed E-state index contributed by atoms with van der Waals surface area (Å²) >= 11 is 6.26. The minimum atomic E-state index is -3.77. The fourth-order valence-electron chi connectivity index (χ4n) is 3.90. The van der Waals surface area contributed by atoms with Crippen molar-refractivity contribution in [3.8, 4) is 0 Å². The lowest BCUT2D eigenvalue weighted by atomic mass is 10.1. The van der Waals surface area contributed by atoms with Gasteiger partial charge in [0.2, 0.25) is 10.0 Å². The van der Waals surface area contributed by atoms with Crippen molar-refractivity contribution in [1.82, 2.24) is 19.2 Å². The highest BCUT2D eigenvalue weighted by molar-refractivity contribution is 7.89. The van der Waals surface area contributed by atoms with Gasteiger partial charge in [0.05, 0.1) is 5.02 Å². The molecule has 1 amide bonds. The summed E-state index contributed by atoms with van der Waals surface area (Å²) in [6.45, 7) is 0.925. The molecule has 9 heteroatoms. The molecule has 1 aliphatic heterocycles. The highest BCUT2D eigenvalue weighted by Gasteiger charge is 2.29. The van der Waals surface area contributed by atoms with Crippen LogP contribution in [0.2, 0.25) is 5.02 Å². The molecule has 3 aromatic rings. The van der Waals surface area contributed by atoms with E-state index in [0.717, 1.165) is 24.8 Å². The van der Waals surface area contributed by atoms with Crippen LogP contribution in [0.5, 0.6) is 0 Å². The summed E-state index contributed by atoms with van der Waals surface area (Å²) in [5, 5.41) is 3.10. The number of aryl methyl sites for hydroxylation is 1. The van der Waals surface area contributed by atoms with Crippen LogP contribution in [-0.4, -0.2) is 41.3 Å². The van der Waals surface area contributed by atoms with Crippen LogP contribution in [-0.2, 0) is 17.1 Å². The molecular weight excluding hydrogens is 448 g/mol. The molecule has 1 aliphatic rings. The van der Waals surface area contributed by atoms with E-state index < -0.39 is 22.0 Å². The van der Waals surface area contributed by atoms with Gasteiger partial charge >= 0.3 is 0 Å². The second kappa shape index (κ2) is 9.44. The zero-order valence-corrected chi connectivity index (χ0v) is 19.3. The lowest BCUT2D eigenvalue weighted by Gasteiger charge is -2.26. The molecule has 0 radical (unpaired) electrons. The van der Waals surface area contributed by atoms with Crippen LogP contribution in [0.25, 0.3) is 0 Å². The Hall–Kier alpha value is -2.68. The van der Waals surface area contributed by atoms with E-state index in [-0.39, 0.29) is 15.5 Å². The van der Waals surface area contributed by atoms with Crippen LogP contribution in [0.3, 0.4) is 0 Å². The number of hydrogen-bond donors (Lipinski definition) is 1. The predicted molar refractivity (Wildman–Crippen MR) is 123 cm³/mol. The minimum absolute atomic E-state index is 0.0398. The first kappa shape index (κ1) is 22.5. The van der Waals surface area contributed by atoms with Gasteiger partial charge in [0.25, 0.3) is 5.91 Å². The lowest BCUT2D eigenvalue weighted by Crippen LogP contribution is -2.36. The van der Waals surface area contributed by atoms with E-state index in [0.29, 0.717) is 18.9 Å².